The molecule has 0 aromatic heterocycles. The number of carbonyl (C=O) groups excluding carboxylic acids is 4. The van der Waals surface area contributed by atoms with E-state index in [1.54, 1.807) is 12.1 Å². The smallest absolute Gasteiger partial charge is 0.526 e. The van der Waals surface area contributed by atoms with Crippen LogP contribution in [0.4, 0.5) is 8.78 Å². The zero-order chi connectivity index (χ0) is 26.0. The number of Topliss-reactive ketones (excluding diaryl/α,β-unsaturated/α-hetero) is 1. The molecule has 1 atom stereocenters. The molecular formula is C23H29BF2O9. The first kappa shape index (κ1) is 28.2. The molecular weight excluding hydrogens is 469 g/mol. The number of rotatable bonds is 13. The van der Waals surface area contributed by atoms with Gasteiger partial charge in [-0.1, -0.05) is 12.1 Å². The highest BCUT2D eigenvalue weighted by molar-refractivity contribution is 6.47. The number of unbranched alkanes of at least 4 members (excludes halogenated alkanes) is 1. The fraction of sp³-hybridized carbons (Fsp3) is 0.565. The van der Waals surface area contributed by atoms with E-state index in [1.165, 1.54) is 13.2 Å². The van der Waals surface area contributed by atoms with Gasteiger partial charge in [0.05, 0.1) is 7.11 Å². The van der Waals surface area contributed by atoms with E-state index < -0.39 is 49.8 Å². The number of ether oxygens (including phenoxy) is 3. The first-order chi connectivity index (χ1) is 16.5. The maximum Gasteiger partial charge on any atom is 0.526 e. The van der Waals surface area contributed by atoms with Crippen LogP contribution in [0.1, 0.15) is 67.8 Å². The van der Waals surface area contributed by atoms with E-state index in [9.17, 15) is 33.0 Å². The van der Waals surface area contributed by atoms with E-state index in [-0.39, 0.29) is 49.4 Å². The van der Waals surface area contributed by atoms with Crippen molar-refractivity contribution < 1.29 is 51.8 Å². The number of benzene rings is 1. The zero-order valence-electron chi connectivity index (χ0n) is 19.7. The molecule has 2 rings (SSSR count). The minimum Gasteiger partial charge on any atom is -0.535 e. The topological polar surface area (TPSA) is 125 Å². The number of esters is 3. The van der Waals surface area contributed by atoms with Crippen LogP contribution in [0.15, 0.2) is 18.2 Å². The van der Waals surface area contributed by atoms with Crippen molar-refractivity contribution in [3.63, 3.8) is 0 Å². The molecule has 1 aliphatic heterocycles. The summed E-state index contributed by atoms with van der Waals surface area (Å²) in [7, 11) is -0.134. The van der Waals surface area contributed by atoms with Gasteiger partial charge in [0.1, 0.15) is 17.1 Å². The van der Waals surface area contributed by atoms with Gasteiger partial charge in [0, 0.05) is 37.9 Å². The summed E-state index contributed by atoms with van der Waals surface area (Å²) in [6.07, 6.45) is 0.275. The number of halogens is 2. The Bertz CT molecular complexity index is 917. The van der Waals surface area contributed by atoms with Crippen LogP contribution in [0.25, 0.3) is 0 Å². The molecule has 0 radical (unpaired) electrons. The van der Waals surface area contributed by atoms with Gasteiger partial charge >= 0.3 is 25.0 Å². The SMILES string of the molecule is COC(=O)CCCCC(=O)OCOC(=O)c1cccc2c1OB(O)[C@@H](CC(=O)CCC(C)(F)F)C2. The van der Waals surface area contributed by atoms with E-state index in [1.807, 2.05) is 0 Å². The minimum atomic E-state index is -2.95. The number of methoxy groups -OCH3 is 1. The van der Waals surface area contributed by atoms with Crippen molar-refractivity contribution in [3.8, 4) is 5.75 Å². The lowest BCUT2D eigenvalue weighted by atomic mass is 9.64. The summed E-state index contributed by atoms with van der Waals surface area (Å²) in [6, 6.07) is 4.64. The summed E-state index contributed by atoms with van der Waals surface area (Å²) < 4.78 is 45.8. The average Bonchev–Trinajstić information content (AvgIpc) is 2.80. The number of fused-ring (bicyclic) bond motifs is 1. The highest BCUT2D eigenvalue weighted by Gasteiger charge is 2.38. The predicted molar refractivity (Wildman–Crippen MR) is 119 cm³/mol. The monoisotopic (exact) mass is 498 g/mol. The van der Waals surface area contributed by atoms with Gasteiger partial charge in [-0.25, -0.2) is 13.6 Å². The van der Waals surface area contributed by atoms with Crippen molar-refractivity contribution in [1.29, 1.82) is 0 Å². The Morgan fingerprint density at radius 1 is 1.11 bits per heavy atom. The maximum absolute atomic E-state index is 13.0. The summed E-state index contributed by atoms with van der Waals surface area (Å²) in [4.78, 5) is 47.3. The molecule has 0 aliphatic carbocycles. The molecule has 9 nitrogen and oxygen atoms in total. The second-order valence-electron chi connectivity index (χ2n) is 8.43. The molecule has 0 unspecified atom stereocenters. The predicted octanol–water partition coefficient (Wildman–Crippen LogP) is 3.26. The van der Waals surface area contributed by atoms with Gasteiger partial charge < -0.3 is 23.9 Å². The molecule has 192 valence electrons. The van der Waals surface area contributed by atoms with Crippen LogP contribution in [0.5, 0.6) is 5.75 Å². The Morgan fingerprint density at radius 2 is 1.80 bits per heavy atom. The van der Waals surface area contributed by atoms with Gasteiger partial charge in [-0.05, 0) is 37.8 Å². The molecule has 0 saturated heterocycles. The molecule has 1 aromatic carbocycles. The highest BCUT2D eigenvalue weighted by Crippen LogP contribution is 2.37. The Balaban J connectivity index is 1.85. The summed E-state index contributed by atoms with van der Waals surface area (Å²) in [6.45, 7) is 0.115. The standard InChI is InChI=1S/C23H29BF2O9/c1-23(25,26)11-10-17(27)13-16-12-15-6-5-7-18(21(15)35-24(16)31)22(30)34-14-33-20(29)9-4-3-8-19(28)32-2/h5-7,16,31H,3-4,8-14H2,1-2H3/t16-/m1/s1. The molecule has 1 aromatic rings. The third kappa shape index (κ3) is 9.63. The Kier molecular flexibility index (Phi) is 10.6. The fourth-order valence-electron chi connectivity index (χ4n) is 3.51. The van der Waals surface area contributed by atoms with Gasteiger partial charge in [0.15, 0.2) is 0 Å². The lowest BCUT2D eigenvalue weighted by Crippen LogP contribution is -2.36. The van der Waals surface area contributed by atoms with Gasteiger partial charge in [0.25, 0.3) is 0 Å². The number of para-hydroxylation sites is 1. The van der Waals surface area contributed by atoms with Gasteiger partial charge in [-0.15, -0.1) is 0 Å². The molecule has 0 saturated carbocycles. The summed E-state index contributed by atoms with van der Waals surface area (Å²) in [5, 5.41) is 10.3. The zero-order valence-corrected chi connectivity index (χ0v) is 19.7. The molecule has 1 N–H and O–H groups in total. The van der Waals surface area contributed by atoms with Crippen molar-refractivity contribution in [2.45, 2.75) is 70.0 Å². The normalized spacial score (nSPS) is 15.0. The van der Waals surface area contributed by atoms with Crippen LogP contribution < -0.4 is 4.65 Å². The summed E-state index contributed by atoms with van der Waals surface area (Å²) in [5.41, 5.74) is 0.553. The maximum atomic E-state index is 13.0. The van der Waals surface area contributed by atoms with Crippen molar-refractivity contribution >= 4 is 30.8 Å². The first-order valence-electron chi connectivity index (χ1n) is 11.3. The van der Waals surface area contributed by atoms with Gasteiger partial charge in [-0.2, -0.15) is 0 Å². The fourth-order valence-corrected chi connectivity index (χ4v) is 3.51. The number of hydrogen-bond acceptors (Lipinski definition) is 9. The Morgan fingerprint density at radius 3 is 2.46 bits per heavy atom. The van der Waals surface area contributed by atoms with Crippen LogP contribution >= 0.6 is 0 Å². The summed E-state index contributed by atoms with van der Waals surface area (Å²) >= 11 is 0. The minimum absolute atomic E-state index is 0.00563. The third-order valence-corrected chi connectivity index (χ3v) is 5.42. The largest absolute Gasteiger partial charge is 0.535 e. The number of carbonyl (C=O) groups is 4. The average molecular weight is 498 g/mol. The summed E-state index contributed by atoms with van der Waals surface area (Å²) in [5.74, 6) is -5.73. The Hall–Kier alpha value is -3.02. The second kappa shape index (κ2) is 13.2. The van der Waals surface area contributed by atoms with Gasteiger partial charge in [-0.3, -0.25) is 14.4 Å². The molecule has 0 spiro atoms. The van der Waals surface area contributed by atoms with E-state index in [0.717, 1.165) is 6.92 Å². The van der Waals surface area contributed by atoms with E-state index in [4.69, 9.17) is 14.1 Å². The quantitative estimate of drug-likeness (QED) is 0.189. The van der Waals surface area contributed by atoms with Gasteiger partial charge in [0.2, 0.25) is 12.7 Å². The van der Waals surface area contributed by atoms with E-state index >= 15 is 0 Å². The molecule has 1 heterocycles. The van der Waals surface area contributed by atoms with Crippen LogP contribution in [-0.2, 0) is 35.0 Å². The lowest BCUT2D eigenvalue weighted by molar-refractivity contribution is -0.152. The molecule has 0 fully saturated rings. The lowest BCUT2D eigenvalue weighted by Gasteiger charge is -2.28. The molecule has 0 amide bonds. The van der Waals surface area contributed by atoms with Crippen LogP contribution in [0.2, 0.25) is 5.82 Å². The van der Waals surface area contributed by atoms with Crippen molar-refractivity contribution in [2.75, 3.05) is 13.9 Å². The second-order valence-corrected chi connectivity index (χ2v) is 8.43. The van der Waals surface area contributed by atoms with E-state index in [0.29, 0.717) is 18.4 Å². The van der Waals surface area contributed by atoms with Crippen molar-refractivity contribution in [1.82, 2.24) is 0 Å². The van der Waals surface area contributed by atoms with Crippen LogP contribution in [0.3, 0.4) is 0 Å². The molecule has 35 heavy (non-hydrogen) atoms. The molecule has 1 aliphatic rings. The van der Waals surface area contributed by atoms with Crippen molar-refractivity contribution in [3.05, 3.63) is 29.3 Å². The number of ketones is 1. The molecule has 0 bridgehead atoms. The van der Waals surface area contributed by atoms with Crippen LogP contribution in [0, 0.1) is 0 Å². The van der Waals surface area contributed by atoms with Crippen molar-refractivity contribution in [2.24, 2.45) is 0 Å². The number of alkyl halides is 2. The highest BCUT2D eigenvalue weighted by atomic mass is 19.3. The Labute approximate surface area is 202 Å². The third-order valence-electron chi connectivity index (χ3n) is 5.42. The van der Waals surface area contributed by atoms with Crippen LogP contribution in [-0.4, -0.2) is 55.7 Å². The number of hydrogen-bond donors (Lipinski definition) is 1. The first-order valence-corrected chi connectivity index (χ1v) is 11.3. The van der Waals surface area contributed by atoms with E-state index in [2.05, 4.69) is 4.74 Å². The molecule has 12 heteroatoms.